The molecule has 0 atom stereocenters. The molecule has 2 aliphatic heterocycles. The molecule has 0 N–H and O–H groups in total. The van der Waals surface area contributed by atoms with E-state index in [0.717, 1.165) is 51.9 Å². The van der Waals surface area contributed by atoms with Crippen molar-refractivity contribution in [3.8, 4) is 6.01 Å². The molecule has 0 saturated carbocycles. The molecule has 156 valence electrons. The van der Waals surface area contributed by atoms with Crippen molar-refractivity contribution in [3.63, 3.8) is 0 Å². The van der Waals surface area contributed by atoms with Gasteiger partial charge in [0.2, 0.25) is 0 Å². The lowest BCUT2D eigenvalue weighted by Gasteiger charge is -2.40. The number of carbonyl (C=O) groups excluding carboxylic acids is 1. The number of amides is 1. The van der Waals surface area contributed by atoms with E-state index < -0.39 is 11.4 Å². The topological polar surface area (TPSA) is 67.8 Å². The lowest BCUT2D eigenvalue weighted by Crippen LogP contribution is -2.44. The monoisotopic (exact) mass is 394 g/mol. The molecule has 0 spiro atoms. The van der Waals surface area contributed by atoms with Crippen molar-refractivity contribution in [1.29, 1.82) is 0 Å². The van der Waals surface area contributed by atoms with E-state index >= 15 is 0 Å². The zero-order valence-electron chi connectivity index (χ0n) is 17.3. The Hall–Kier alpha value is -2.12. The molecule has 2 aliphatic rings. The van der Waals surface area contributed by atoms with Crippen molar-refractivity contribution >= 4 is 11.9 Å². The fourth-order valence-electron chi connectivity index (χ4n) is 4.13. The molecule has 2 saturated heterocycles. The molecule has 7 nitrogen and oxygen atoms in total. The number of hydrogen-bond donors (Lipinski definition) is 0. The van der Waals surface area contributed by atoms with Crippen LogP contribution in [0.25, 0.3) is 0 Å². The molecule has 28 heavy (non-hydrogen) atoms. The van der Waals surface area contributed by atoms with Crippen LogP contribution in [-0.2, 0) is 4.74 Å². The van der Waals surface area contributed by atoms with Crippen LogP contribution in [0.1, 0.15) is 46.5 Å². The Morgan fingerprint density at radius 1 is 1.11 bits per heavy atom. The van der Waals surface area contributed by atoms with Gasteiger partial charge in [-0.25, -0.2) is 14.2 Å². The summed E-state index contributed by atoms with van der Waals surface area (Å²) in [6.07, 6.45) is 4.96. The lowest BCUT2D eigenvalue weighted by atomic mass is 9.79. The SMILES string of the molecule is COc1ncc(F)c(N2CCC(C3CCN(C(=O)OC(C)(C)C)CC3)CC2)n1. The smallest absolute Gasteiger partial charge is 0.410 e. The highest BCUT2D eigenvalue weighted by Crippen LogP contribution is 2.34. The maximum absolute atomic E-state index is 14.1. The maximum Gasteiger partial charge on any atom is 0.410 e. The number of halogens is 1. The average Bonchev–Trinajstić information content (AvgIpc) is 2.67. The summed E-state index contributed by atoms with van der Waals surface area (Å²) in [5.41, 5.74) is -0.459. The van der Waals surface area contributed by atoms with Crippen LogP contribution in [-0.4, -0.2) is 59.9 Å². The summed E-state index contributed by atoms with van der Waals surface area (Å²) in [7, 11) is 1.48. The van der Waals surface area contributed by atoms with Crippen molar-refractivity contribution in [2.45, 2.75) is 52.1 Å². The summed E-state index contributed by atoms with van der Waals surface area (Å²) in [6.45, 7) is 8.71. The first kappa shape index (κ1) is 20.6. The highest BCUT2D eigenvalue weighted by atomic mass is 19.1. The van der Waals surface area contributed by atoms with Crippen molar-refractivity contribution in [1.82, 2.24) is 14.9 Å². The summed E-state index contributed by atoms with van der Waals surface area (Å²) in [5.74, 6) is 1.12. The van der Waals surface area contributed by atoms with Gasteiger partial charge in [0.05, 0.1) is 13.3 Å². The van der Waals surface area contributed by atoms with Gasteiger partial charge in [0.1, 0.15) is 5.60 Å². The first-order valence-corrected chi connectivity index (χ1v) is 10.1. The molecule has 0 bridgehead atoms. The van der Waals surface area contributed by atoms with Gasteiger partial charge in [-0.2, -0.15) is 4.98 Å². The number of likely N-dealkylation sites (tertiary alicyclic amines) is 1. The van der Waals surface area contributed by atoms with Crippen LogP contribution < -0.4 is 9.64 Å². The number of anilines is 1. The van der Waals surface area contributed by atoms with Gasteiger partial charge in [0.25, 0.3) is 0 Å². The molecule has 1 aromatic heterocycles. The van der Waals surface area contributed by atoms with Gasteiger partial charge in [-0.3, -0.25) is 0 Å². The van der Waals surface area contributed by atoms with E-state index in [9.17, 15) is 9.18 Å². The number of rotatable bonds is 3. The van der Waals surface area contributed by atoms with Crippen molar-refractivity contribution < 1.29 is 18.7 Å². The summed E-state index contributed by atoms with van der Waals surface area (Å²) in [5, 5.41) is 0. The van der Waals surface area contributed by atoms with Crippen LogP contribution in [0, 0.1) is 17.7 Å². The number of carbonyl (C=O) groups is 1. The molecule has 0 unspecified atom stereocenters. The first-order valence-electron chi connectivity index (χ1n) is 10.1. The number of aromatic nitrogens is 2. The maximum atomic E-state index is 14.1. The number of ether oxygens (including phenoxy) is 2. The Morgan fingerprint density at radius 2 is 1.68 bits per heavy atom. The van der Waals surface area contributed by atoms with Gasteiger partial charge in [-0.15, -0.1) is 0 Å². The summed E-state index contributed by atoms with van der Waals surface area (Å²) in [6, 6.07) is 0.188. The normalized spacial score (nSPS) is 19.6. The summed E-state index contributed by atoms with van der Waals surface area (Å²) >= 11 is 0. The van der Waals surface area contributed by atoms with Gasteiger partial charge in [0.15, 0.2) is 11.6 Å². The molecule has 0 aliphatic carbocycles. The van der Waals surface area contributed by atoms with E-state index in [4.69, 9.17) is 9.47 Å². The van der Waals surface area contributed by atoms with Crippen LogP contribution in [0.2, 0.25) is 0 Å². The number of hydrogen-bond acceptors (Lipinski definition) is 6. The molecule has 0 aromatic carbocycles. The zero-order valence-corrected chi connectivity index (χ0v) is 17.3. The molecule has 1 aromatic rings. The van der Waals surface area contributed by atoms with Crippen LogP contribution in [0.15, 0.2) is 6.20 Å². The molecular weight excluding hydrogens is 363 g/mol. The molecule has 0 radical (unpaired) electrons. The molecular formula is C20H31FN4O3. The number of nitrogens with zero attached hydrogens (tertiary/aromatic N) is 4. The minimum absolute atomic E-state index is 0.188. The van der Waals surface area contributed by atoms with Gasteiger partial charge in [-0.05, 0) is 58.3 Å². The molecule has 2 fully saturated rings. The van der Waals surface area contributed by atoms with Crippen LogP contribution >= 0.6 is 0 Å². The second-order valence-corrected chi connectivity index (χ2v) is 8.66. The number of piperidine rings is 2. The van der Waals surface area contributed by atoms with Crippen LogP contribution in [0.4, 0.5) is 15.0 Å². The fraction of sp³-hybridized carbons (Fsp3) is 0.750. The number of methoxy groups -OCH3 is 1. The van der Waals surface area contributed by atoms with E-state index in [1.807, 2.05) is 30.6 Å². The molecule has 3 rings (SSSR count). The Morgan fingerprint density at radius 3 is 2.21 bits per heavy atom. The third-order valence-corrected chi connectivity index (χ3v) is 5.58. The zero-order chi connectivity index (χ0) is 20.3. The average molecular weight is 394 g/mol. The van der Waals surface area contributed by atoms with Gasteiger partial charge >= 0.3 is 12.1 Å². The molecule has 8 heteroatoms. The van der Waals surface area contributed by atoms with Crippen LogP contribution in [0.3, 0.4) is 0 Å². The highest BCUT2D eigenvalue weighted by molar-refractivity contribution is 5.68. The predicted octanol–water partition coefficient (Wildman–Crippen LogP) is 3.49. The predicted molar refractivity (Wildman–Crippen MR) is 104 cm³/mol. The fourth-order valence-corrected chi connectivity index (χ4v) is 4.13. The first-order chi connectivity index (χ1) is 13.3. The minimum Gasteiger partial charge on any atom is -0.467 e. The Bertz CT molecular complexity index is 679. The van der Waals surface area contributed by atoms with Crippen molar-refractivity contribution in [2.75, 3.05) is 38.2 Å². The largest absolute Gasteiger partial charge is 0.467 e. The minimum atomic E-state index is -0.459. The van der Waals surface area contributed by atoms with Gasteiger partial charge < -0.3 is 19.3 Å². The third kappa shape index (κ3) is 5.02. The summed E-state index contributed by atoms with van der Waals surface area (Å²) in [4.78, 5) is 24.0. The van der Waals surface area contributed by atoms with E-state index in [2.05, 4.69) is 9.97 Å². The van der Waals surface area contributed by atoms with E-state index in [-0.39, 0.29) is 12.1 Å². The Balaban J connectivity index is 1.49. The van der Waals surface area contributed by atoms with E-state index in [1.54, 1.807) is 0 Å². The van der Waals surface area contributed by atoms with Crippen molar-refractivity contribution in [2.24, 2.45) is 11.8 Å². The van der Waals surface area contributed by atoms with Gasteiger partial charge in [-0.1, -0.05) is 0 Å². The second-order valence-electron chi connectivity index (χ2n) is 8.66. The van der Waals surface area contributed by atoms with Crippen LogP contribution in [0.5, 0.6) is 6.01 Å². The van der Waals surface area contributed by atoms with Gasteiger partial charge in [0, 0.05) is 26.2 Å². The highest BCUT2D eigenvalue weighted by Gasteiger charge is 2.33. The standard InChI is InChI=1S/C20H31FN4O3/c1-20(2,3)28-19(26)25-11-7-15(8-12-25)14-5-9-24(10-6-14)17-16(21)13-22-18(23-17)27-4/h13-15H,5-12H2,1-4H3. The second kappa shape index (κ2) is 8.49. The quantitative estimate of drug-likeness (QED) is 0.782. The van der Waals surface area contributed by atoms with Crippen molar-refractivity contribution in [3.05, 3.63) is 12.0 Å². The lowest BCUT2D eigenvalue weighted by molar-refractivity contribution is 0.0152. The Kier molecular flexibility index (Phi) is 6.25. The molecule has 3 heterocycles. The van der Waals surface area contributed by atoms with E-state index in [1.165, 1.54) is 13.3 Å². The Labute approximate surface area is 166 Å². The molecule has 1 amide bonds. The van der Waals surface area contributed by atoms with E-state index in [0.29, 0.717) is 17.7 Å². The summed E-state index contributed by atoms with van der Waals surface area (Å²) < 4.78 is 24.6. The third-order valence-electron chi connectivity index (χ3n) is 5.58.